The Balaban J connectivity index is 1.38. The summed E-state index contributed by atoms with van der Waals surface area (Å²) in [7, 11) is 0. The van der Waals surface area contributed by atoms with E-state index in [1.807, 2.05) is 36.5 Å². The lowest BCUT2D eigenvalue weighted by Gasteiger charge is -2.27. The lowest BCUT2D eigenvalue weighted by atomic mass is 9.96. The number of aromatic nitrogens is 2. The molecule has 0 amide bonds. The van der Waals surface area contributed by atoms with Gasteiger partial charge in [-0.1, -0.05) is 18.2 Å². The predicted octanol–water partition coefficient (Wildman–Crippen LogP) is 4.85. The standard InChI is InChI=1S/C25H26N2O4/c1-24-10-11-25(15-24,16-29-24)27-14-17-12-20(23(28)31-19-6-3-2-4-7-19)22(13-21(17)26-27)30-18-8-5-9-18/h2-4,6-7,12-14,18H,5,8-11,15-16H2,1H3. The third-order valence-corrected chi connectivity index (χ3v) is 7.12. The summed E-state index contributed by atoms with van der Waals surface area (Å²) in [5.41, 5.74) is 1.15. The number of fused-ring (bicyclic) bond motifs is 3. The van der Waals surface area contributed by atoms with Gasteiger partial charge in [-0.25, -0.2) is 4.79 Å². The van der Waals surface area contributed by atoms with Gasteiger partial charge in [-0.3, -0.25) is 4.68 Å². The van der Waals surface area contributed by atoms with E-state index in [2.05, 4.69) is 11.6 Å². The van der Waals surface area contributed by atoms with Crippen molar-refractivity contribution in [1.29, 1.82) is 0 Å². The molecule has 2 aromatic carbocycles. The molecule has 1 aliphatic heterocycles. The molecule has 31 heavy (non-hydrogen) atoms. The number of para-hydroxylation sites is 1. The predicted molar refractivity (Wildman–Crippen MR) is 116 cm³/mol. The van der Waals surface area contributed by atoms with Crippen molar-refractivity contribution in [2.45, 2.75) is 62.7 Å². The van der Waals surface area contributed by atoms with Gasteiger partial charge in [-0.15, -0.1) is 0 Å². The van der Waals surface area contributed by atoms with Crippen LogP contribution in [-0.4, -0.2) is 34.1 Å². The molecular weight excluding hydrogens is 392 g/mol. The number of hydrogen-bond donors (Lipinski definition) is 0. The SMILES string of the molecule is CC12CCC(n3cc4cc(C(=O)Oc5ccccc5)c(OC5CCC5)cc4n3)(CO1)C2. The third-order valence-electron chi connectivity index (χ3n) is 7.12. The molecular formula is C25H26N2O4. The molecule has 2 bridgehead atoms. The molecule has 1 saturated heterocycles. The van der Waals surface area contributed by atoms with Gasteiger partial charge in [0.05, 0.1) is 29.4 Å². The minimum atomic E-state index is -0.411. The van der Waals surface area contributed by atoms with E-state index in [4.69, 9.17) is 19.3 Å². The monoisotopic (exact) mass is 418 g/mol. The number of rotatable bonds is 5. The summed E-state index contributed by atoms with van der Waals surface area (Å²) in [4.78, 5) is 13.0. The molecule has 2 aliphatic carbocycles. The number of nitrogens with zero attached hydrogens (tertiary/aromatic N) is 2. The van der Waals surface area contributed by atoms with Crippen LogP contribution >= 0.6 is 0 Å². The highest BCUT2D eigenvalue weighted by Gasteiger charge is 2.54. The molecule has 6 rings (SSSR count). The van der Waals surface area contributed by atoms with Crippen LogP contribution in [0.5, 0.6) is 11.5 Å². The van der Waals surface area contributed by atoms with Crippen LogP contribution < -0.4 is 9.47 Å². The first-order valence-electron chi connectivity index (χ1n) is 11.1. The smallest absolute Gasteiger partial charge is 0.347 e. The Bertz CT molecular complexity index is 1140. The zero-order valence-electron chi connectivity index (χ0n) is 17.7. The van der Waals surface area contributed by atoms with Gasteiger partial charge in [-0.05, 0) is 57.2 Å². The quantitative estimate of drug-likeness (QED) is 0.438. The highest BCUT2D eigenvalue weighted by molar-refractivity contribution is 5.98. The minimum Gasteiger partial charge on any atom is -0.489 e. The fourth-order valence-electron chi connectivity index (χ4n) is 5.06. The molecule has 6 nitrogen and oxygen atoms in total. The summed E-state index contributed by atoms with van der Waals surface area (Å²) >= 11 is 0. The van der Waals surface area contributed by atoms with Crippen LogP contribution in [-0.2, 0) is 10.3 Å². The van der Waals surface area contributed by atoms with Crippen molar-refractivity contribution in [1.82, 2.24) is 9.78 Å². The molecule has 160 valence electrons. The lowest BCUT2D eigenvalue weighted by molar-refractivity contribution is -0.0149. The normalized spacial score (nSPS) is 27.4. The van der Waals surface area contributed by atoms with Crippen molar-refractivity contribution in [2.24, 2.45) is 0 Å². The van der Waals surface area contributed by atoms with Crippen molar-refractivity contribution in [3.8, 4) is 11.5 Å². The van der Waals surface area contributed by atoms with Gasteiger partial charge < -0.3 is 14.2 Å². The van der Waals surface area contributed by atoms with Crippen LogP contribution in [0.2, 0.25) is 0 Å². The van der Waals surface area contributed by atoms with E-state index < -0.39 is 5.97 Å². The van der Waals surface area contributed by atoms with Crippen molar-refractivity contribution in [2.75, 3.05) is 6.61 Å². The number of ether oxygens (including phenoxy) is 3. The summed E-state index contributed by atoms with van der Waals surface area (Å²) in [5, 5.41) is 5.81. The Labute approximate surface area is 181 Å². The van der Waals surface area contributed by atoms with Gasteiger partial charge in [0, 0.05) is 24.1 Å². The Morgan fingerprint density at radius 1 is 1.19 bits per heavy atom. The maximum atomic E-state index is 13.0. The molecule has 0 N–H and O–H groups in total. The molecule has 3 aromatic rings. The molecule has 2 heterocycles. The molecule has 3 aliphatic rings. The lowest BCUT2D eigenvalue weighted by Crippen LogP contribution is -2.33. The number of carbonyl (C=O) groups is 1. The molecule has 0 radical (unpaired) electrons. The molecule has 0 spiro atoms. The summed E-state index contributed by atoms with van der Waals surface area (Å²) < 4.78 is 19.9. The molecule has 2 saturated carbocycles. The van der Waals surface area contributed by atoms with E-state index in [9.17, 15) is 4.79 Å². The summed E-state index contributed by atoms with van der Waals surface area (Å²) in [5.74, 6) is 0.663. The van der Waals surface area contributed by atoms with Gasteiger partial charge in [0.2, 0.25) is 0 Å². The van der Waals surface area contributed by atoms with Crippen LogP contribution in [0.4, 0.5) is 0 Å². The third kappa shape index (κ3) is 3.21. The highest BCUT2D eigenvalue weighted by atomic mass is 16.5. The largest absolute Gasteiger partial charge is 0.489 e. The summed E-state index contributed by atoms with van der Waals surface area (Å²) in [6.45, 7) is 2.87. The molecule has 1 aromatic heterocycles. The van der Waals surface area contributed by atoms with E-state index in [0.717, 1.165) is 49.4 Å². The zero-order chi connectivity index (χ0) is 21.1. The Kier molecular flexibility index (Phi) is 4.15. The number of carbonyl (C=O) groups excluding carboxylic acids is 1. The first-order valence-corrected chi connectivity index (χ1v) is 11.1. The average Bonchev–Trinajstić information content (AvgIpc) is 3.41. The average molecular weight is 418 g/mol. The van der Waals surface area contributed by atoms with Crippen LogP contribution in [0.1, 0.15) is 55.8 Å². The van der Waals surface area contributed by atoms with E-state index >= 15 is 0 Å². The van der Waals surface area contributed by atoms with Gasteiger partial charge in [0.25, 0.3) is 0 Å². The maximum Gasteiger partial charge on any atom is 0.347 e. The molecule has 2 unspecified atom stereocenters. The van der Waals surface area contributed by atoms with E-state index in [-0.39, 0.29) is 17.2 Å². The van der Waals surface area contributed by atoms with Crippen molar-refractivity contribution >= 4 is 16.9 Å². The highest BCUT2D eigenvalue weighted by Crippen LogP contribution is 2.51. The summed E-state index contributed by atoms with van der Waals surface area (Å²) in [6, 6.07) is 12.9. The first-order chi connectivity index (χ1) is 15.0. The first kappa shape index (κ1) is 18.9. The van der Waals surface area contributed by atoms with Gasteiger partial charge in [0.15, 0.2) is 0 Å². The van der Waals surface area contributed by atoms with Gasteiger partial charge >= 0.3 is 5.97 Å². The second-order valence-electron chi connectivity index (χ2n) is 9.49. The van der Waals surface area contributed by atoms with Crippen molar-refractivity contribution < 1.29 is 19.0 Å². The van der Waals surface area contributed by atoms with Crippen LogP contribution in [0.25, 0.3) is 10.9 Å². The van der Waals surface area contributed by atoms with Crippen molar-refractivity contribution in [3.05, 3.63) is 54.2 Å². The minimum absolute atomic E-state index is 0.0404. The number of benzene rings is 2. The van der Waals surface area contributed by atoms with Crippen molar-refractivity contribution in [3.63, 3.8) is 0 Å². The van der Waals surface area contributed by atoms with Gasteiger partial charge in [0.1, 0.15) is 17.1 Å². The Morgan fingerprint density at radius 3 is 2.68 bits per heavy atom. The van der Waals surface area contributed by atoms with Crippen LogP contribution in [0.15, 0.2) is 48.7 Å². The van der Waals surface area contributed by atoms with Gasteiger partial charge in [-0.2, -0.15) is 5.10 Å². The fourth-order valence-corrected chi connectivity index (χ4v) is 5.06. The molecule has 6 heteroatoms. The number of hydrogen-bond acceptors (Lipinski definition) is 5. The van der Waals surface area contributed by atoms with E-state index in [1.54, 1.807) is 12.1 Å². The number of esters is 1. The van der Waals surface area contributed by atoms with Crippen LogP contribution in [0, 0.1) is 0 Å². The Hall–Kier alpha value is -2.86. The van der Waals surface area contributed by atoms with Crippen LogP contribution in [0.3, 0.4) is 0 Å². The second-order valence-corrected chi connectivity index (χ2v) is 9.49. The zero-order valence-corrected chi connectivity index (χ0v) is 17.7. The fraction of sp³-hybridized carbons (Fsp3) is 0.440. The maximum absolute atomic E-state index is 13.0. The molecule has 3 fully saturated rings. The summed E-state index contributed by atoms with van der Waals surface area (Å²) in [6.07, 6.45) is 8.47. The second kappa shape index (κ2) is 6.82. The topological polar surface area (TPSA) is 62.6 Å². The molecule has 2 atom stereocenters. The van der Waals surface area contributed by atoms with E-state index in [0.29, 0.717) is 23.7 Å². The Morgan fingerprint density at radius 2 is 2.03 bits per heavy atom. The van der Waals surface area contributed by atoms with E-state index in [1.165, 1.54) is 0 Å².